The Morgan fingerprint density at radius 2 is 1.78 bits per heavy atom. The molecule has 2 aromatic carbocycles. The van der Waals surface area contributed by atoms with Gasteiger partial charge in [0.15, 0.2) is 0 Å². The smallest absolute Gasteiger partial charge is 0.319 e. The number of aryl methyl sites for hydroxylation is 1. The van der Waals surface area contributed by atoms with E-state index in [0.29, 0.717) is 34.7 Å². The van der Waals surface area contributed by atoms with E-state index >= 15 is 0 Å². The maximum absolute atomic E-state index is 12.5. The van der Waals surface area contributed by atoms with Crippen LogP contribution in [0.25, 0.3) is 5.52 Å². The van der Waals surface area contributed by atoms with Gasteiger partial charge < -0.3 is 25.6 Å². The van der Waals surface area contributed by atoms with Crippen LogP contribution in [0.1, 0.15) is 25.0 Å². The van der Waals surface area contributed by atoms with Crippen molar-refractivity contribution >= 4 is 28.6 Å². The van der Waals surface area contributed by atoms with E-state index in [2.05, 4.69) is 45.9 Å². The monoisotopic (exact) mass is 497 g/mol. The van der Waals surface area contributed by atoms with Crippen molar-refractivity contribution in [2.75, 3.05) is 36.8 Å². The second kappa shape index (κ2) is 11.9. The summed E-state index contributed by atoms with van der Waals surface area (Å²) < 4.78 is 7.53. The Labute approximate surface area is 216 Å². The number of fused-ring (bicyclic) bond motifs is 1. The van der Waals surface area contributed by atoms with Crippen molar-refractivity contribution in [3.05, 3.63) is 78.1 Å². The highest BCUT2D eigenvalue weighted by atomic mass is 16.5. The van der Waals surface area contributed by atoms with Gasteiger partial charge in [-0.25, -0.2) is 9.31 Å². The average Bonchev–Trinajstić information content (AvgIpc) is 3.23. The van der Waals surface area contributed by atoms with E-state index < -0.39 is 0 Å². The van der Waals surface area contributed by atoms with E-state index in [4.69, 9.17) is 4.74 Å². The summed E-state index contributed by atoms with van der Waals surface area (Å²) >= 11 is 0. The number of likely N-dealkylation sites (N-methyl/N-ethyl adjacent to an activating group) is 1. The quantitative estimate of drug-likeness (QED) is 0.267. The molecule has 0 bridgehead atoms. The number of nitriles is 1. The zero-order valence-corrected chi connectivity index (χ0v) is 21.3. The predicted molar refractivity (Wildman–Crippen MR) is 146 cm³/mol. The second-order valence-corrected chi connectivity index (χ2v) is 8.48. The molecule has 0 saturated heterocycles. The van der Waals surface area contributed by atoms with E-state index in [1.807, 2.05) is 61.5 Å². The minimum absolute atomic E-state index is 0.282. The maximum Gasteiger partial charge on any atom is 0.319 e. The molecule has 4 aromatic rings. The zero-order chi connectivity index (χ0) is 26.2. The normalized spacial score (nSPS) is 10.8. The molecular weight excluding hydrogens is 466 g/mol. The lowest BCUT2D eigenvalue weighted by Crippen LogP contribution is -2.36. The molecule has 9 nitrogen and oxygen atoms in total. The molecule has 9 heteroatoms. The maximum atomic E-state index is 12.5. The van der Waals surface area contributed by atoms with Gasteiger partial charge in [0, 0.05) is 24.3 Å². The van der Waals surface area contributed by atoms with Gasteiger partial charge in [0.2, 0.25) is 0 Å². The first-order valence-electron chi connectivity index (χ1n) is 12.3. The molecule has 0 saturated carbocycles. The van der Waals surface area contributed by atoms with Gasteiger partial charge in [0.05, 0.1) is 34.8 Å². The Hall–Kier alpha value is -4.55. The fraction of sp³-hybridized carbons (Fsp3) is 0.250. The number of anilines is 3. The lowest BCUT2D eigenvalue weighted by molar-refractivity contribution is 0.248. The first kappa shape index (κ1) is 25.5. The van der Waals surface area contributed by atoms with Gasteiger partial charge in [-0.15, -0.1) is 0 Å². The van der Waals surface area contributed by atoms with E-state index in [1.54, 1.807) is 10.7 Å². The molecule has 0 aliphatic rings. The van der Waals surface area contributed by atoms with Crippen molar-refractivity contribution in [1.29, 1.82) is 5.26 Å². The molecule has 190 valence electrons. The summed E-state index contributed by atoms with van der Waals surface area (Å²) in [5, 5.41) is 23.3. The molecule has 0 aliphatic carbocycles. The highest BCUT2D eigenvalue weighted by molar-refractivity contribution is 5.94. The average molecular weight is 498 g/mol. The standard InChI is InChI=1S/C28H31N7O2/c1-4-34(5-2)16-15-30-28(36)33-25-19-35-27(20(25)3)26(21(17-29)18-31-35)32-22-11-13-24(14-12-22)37-23-9-7-6-8-10-23/h6-14,18-19,32H,4-5,15-16H2,1-3H3,(H2,30,33,36). The van der Waals surface area contributed by atoms with Crippen molar-refractivity contribution in [1.82, 2.24) is 19.8 Å². The molecule has 0 aliphatic heterocycles. The van der Waals surface area contributed by atoms with E-state index in [1.165, 1.54) is 6.20 Å². The number of nitrogens with zero attached hydrogens (tertiary/aromatic N) is 4. The third-order valence-corrected chi connectivity index (χ3v) is 6.14. The molecule has 0 fully saturated rings. The molecule has 2 heterocycles. The van der Waals surface area contributed by atoms with Crippen molar-refractivity contribution in [3.63, 3.8) is 0 Å². The Kier molecular flexibility index (Phi) is 8.23. The number of hydrogen-bond donors (Lipinski definition) is 3. The summed E-state index contributed by atoms with van der Waals surface area (Å²) in [5.74, 6) is 1.46. The third kappa shape index (κ3) is 6.18. The summed E-state index contributed by atoms with van der Waals surface area (Å²) in [6, 6.07) is 19.0. The van der Waals surface area contributed by atoms with Gasteiger partial charge in [-0.3, -0.25) is 0 Å². The van der Waals surface area contributed by atoms with Crippen LogP contribution >= 0.6 is 0 Å². The number of carbonyl (C=O) groups is 1. The van der Waals surface area contributed by atoms with Gasteiger partial charge >= 0.3 is 6.03 Å². The number of nitrogens with one attached hydrogen (secondary N) is 3. The van der Waals surface area contributed by atoms with Crippen molar-refractivity contribution in [3.8, 4) is 17.6 Å². The largest absolute Gasteiger partial charge is 0.457 e. The van der Waals surface area contributed by atoms with Crippen LogP contribution < -0.4 is 20.7 Å². The number of ether oxygens (including phenoxy) is 1. The zero-order valence-electron chi connectivity index (χ0n) is 21.3. The van der Waals surface area contributed by atoms with Crippen LogP contribution in [-0.2, 0) is 0 Å². The number of urea groups is 1. The van der Waals surface area contributed by atoms with Crippen LogP contribution in [0.3, 0.4) is 0 Å². The number of aromatic nitrogens is 2. The van der Waals surface area contributed by atoms with Gasteiger partial charge in [0.25, 0.3) is 0 Å². The van der Waals surface area contributed by atoms with Crippen LogP contribution in [0, 0.1) is 18.3 Å². The second-order valence-electron chi connectivity index (χ2n) is 8.48. The molecule has 0 spiro atoms. The minimum atomic E-state index is -0.282. The number of carbonyl (C=O) groups excluding carboxylic acids is 1. The van der Waals surface area contributed by atoms with Crippen LogP contribution in [-0.4, -0.2) is 46.7 Å². The van der Waals surface area contributed by atoms with E-state index in [0.717, 1.165) is 36.6 Å². The van der Waals surface area contributed by atoms with Crippen molar-refractivity contribution in [2.45, 2.75) is 20.8 Å². The highest BCUT2D eigenvalue weighted by Crippen LogP contribution is 2.33. The van der Waals surface area contributed by atoms with Crippen molar-refractivity contribution in [2.24, 2.45) is 0 Å². The first-order chi connectivity index (χ1) is 18.0. The van der Waals surface area contributed by atoms with E-state index in [9.17, 15) is 10.1 Å². The number of benzene rings is 2. The van der Waals surface area contributed by atoms with Gasteiger partial charge in [-0.05, 0) is 56.4 Å². The first-order valence-corrected chi connectivity index (χ1v) is 12.3. The summed E-state index contributed by atoms with van der Waals surface area (Å²) in [6.07, 6.45) is 3.26. The summed E-state index contributed by atoms with van der Waals surface area (Å²) in [4.78, 5) is 14.8. The number of amides is 2. The molecule has 37 heavy (non-hydrogen) atoms. The number of rotatable bonds is 10. The van der Waals surface area contributed by atoms with Crippen LogP contribution in [0.15, 0.2) is 67.0 Å². The topological polar surface area (TPSA) is 107 Å². The van der Waals surface area contributed by atoms with Crippen LogP contribution in [0.5, 0.6) is 11.5 Å². The molecule has 2 amide bonds. The molecule has 0 unspecified atom stereocenters. The lowest BCUT2D eigenvalue weighted by atomic mass is 10.1. The Bertz CT molecular complexity index is 1390. The van der Waals surface area contributed by atoms with Crippen LogP contribution in [0.4, 0.5) is 21.9 Å². The predicted octanol–water partition coefficient (Wildman–Crippen LogP) is 5.51. The van der Waals surface area contributed by atoms with Crippen molar-refractivity contribution < 1.29 is 9.53 Å². The fourth-order valence-electron chi connectivity index (χ4n) is 4.03. The fourth-order valence-corrected chi connectivity index (χ4v) is 4.03. The molecule has 0 atom stereocenters. The Morgan fingerprint density at radius 1 is 1.08 bits per heavy atom. The molecular formula is C28H31N7O2. The lowest BCUT2D eigenvalue weighted by Gasteiger charge is -2.18. The van der Waals surface area contributed by atoms with Crippen LogP contribution in [0.2, 0.25) is 0 Å². The number of para-hydroxylation sites is 1. The summed E-state index contributed by atoms with van der Waals surface area (Å²) in [5.41, 5.74) is 3.93. The van der Waals surface area contributed by atoms with E-state index in [-0.39, 0.29) is 6.03 Å². The number of hydrogen-bond acceptors (Lipinski definition) is 6. The third-order valence-electron chi connectivity index (χ3n) is 6.14. The van der Waals surface area contributed by atoms with Gasteiger partial charge in [-0.1, -0.05) is 32.0 Å². The molecule has 3 N–H and O–H groups in total. The molecule has 0 radical (unpaired) electrons. The Balaban J connectivity index is 1.52. The molecule has 2 aromatic heterocycles. The summed E-state index contributed by atoms with van der Waals surface area (Å²) in [7, 11) is 0. The van der Waals surface area contributed by atoms with Gasteiger partial charge in [0.1, 0.15) is 17.6 Å². The minimum Gasteiger partial charge on any atom is -0.457 e. The SMILES string of the molecule is CCN(CC)CCNC(=O)Nc1cn2ncc(C#N)c(Nc3ccc(Oc4ccccc4)cc3)c2c1C. The summed E-state index contributed by atoms with van der Waals surface area (Å²) in [6.45, 7) is 9.30. The van der Waals surface area contributed by atoms with Gasteiger partial charge in [-0.2, -0.15) is 10.4 Å². The Morgan fingerprint density at radius 3 is 2.46 bits per heavy atom. The molecule has 4 rings (SSSR count). The highest BCUT2D eigenvalue weighted by Gasteiger charge is 2.17.